The van der Waals surface area contributed by atoms with Crippen LogP contribution in [0.5, 0.6) is 0 Å². The van der Waals surface area contributed by atoms with Crippen LogP contribution >= 0.6 is 11.6 Å². The van der Waals surface area contributed by atoms with Crippen LogP contribution in [0.1, 0.15) is 33.6 Å². The predicted molar refractivity (Wildman–Crippen MR) is 90.3 cm³/mol. The molecule has 1 saturated heterocycles. The Kier molecular flexibility index (Phi) is 5.06. The molecular formula is C16H24ClN3O2. The fourth-order valence-electron chi connectivity index (χ4n) is 2.42. The number of benzene rings is 1. The standard InChI is InChI=1S/C16H24ClN3O2/c1-16(2,3)22-15(21)20-9-7-11(8-10-20)19-13-6-4-5-12(17)14(13)18/h4-6,11,19H,7-10,18H2,1-3H3. The van der Waals surface area contributed by atoms with Gasteiger partial charge in [0.2, 0.25) is 0 Å². The van der Waals surface area contributed by atoms with E-state index in [0.29, 0.717) is 23.8 Å². The third-order valence-electron chi connectivity index (χ3n) is 3.56. The fourth-order valence-corrected chi connectivity index (χ4v) is 2.59. The molecule has 0 saturated carbocycles. The third-order valence-corrected chi connectivity index (χ3v) is 3.89. The molecule has 122 valence electrons. The number of halogens is 1. The Labute approximate surface area is 136 Å². The molecule has 3 N–H and O–H groups in total. The number of rotatable bonds is 2. The van der Waals surface area contributed by atoms with E-state index in [0.717, 1.165) is 18.5 Å². The van der Waals surface area contributed by atoms with Crippen LogP contribution in [0.15, 0.2) is 18.2 Å². The van der Waals surface area contributed by atoms with Gasteiger partial charge in [-0.25, -0.2) is 4.79 Å². The Hall–Kier alpha value is -1.62. The van der Waals surface area contributed by atoms with Crippen molar-refractivity contribution in [2.45, 2.75) is 45.3 Å². The van der Waals surface area contributed by atoms with Gasteiger partial charge in [-0.1, -0.05) is 17.7 Å². The van der Waals surface area contributed by atoms with E-state index in [1.165, 1.54) is 0 Å². The topological polar surface area (TPSA) is 67.6 Å². The average molecular weight is 326 g/mol. The van der Waals surface area contributed by atoms with E-state index >= 15 is 0 Å². The van der Waals surface area contributed by atoms with Crippen molar-refractivity contribution in [1.29, 1.82) is 0 Å². The van der Waals surface area contributed by atoms with Crippen LogP contribution in [0.4, 0.5) is 16.2 Å². The number of likely N-dealkylation sites (tertiary alicyclic amines) is 1. The Balaban J connectivity index is 1.87. The Morgan fingerprint density at radius 2 is 2.00 bits per heavy atom. The van der Waals surface area contributed by atoms with Crippen LogP contribution in [-0.4, -0.2) is 35.7 Å². The molecule has 2 rings (SSSR count). The maximum Gasteiger partial charge on any atom is 0.410 e. The second-order valence-electron chi connectivity index (χ2n) is 6.59. The van der Waals surface area contributed by atoms with Gasteiger partial charge in [-0.3, -0.25) is 0 Å². The lowest BCUT2D eigenvalue weighted by Crippen LogP contribution is -2.44. The maximum atomic E-state index is 12.0. The van der Waals surface area contributed by atoms with E-state index in [1.54, 1.807) is 11.0 Å². The van der Waals surface area contributed by atoms with Crippen LogP contribution in [0.25, 0.3) is 0 Å². The maximum absolute atomic E-state index is 12.0. The lowest BCUT2D eigenvalue weighted by Gasteiger charge is -2.34. The quantitative estimate of drug-likeness (QED) is 0.813. The zero-order chi connectivity index (χ0) is 16.3. The molecule has 1 aliphatic rings. The molecule has 1 heterocycles. The van der Waals surface area contributed by atoms with Crippen molar-refractivity contribution in [1.82, 2.24) is 4.90 Å². The lowest BCUT2D eigenvalue weighted by atomic mass is 10.0. The smallest absolute Gasteiger partial charge is 0.410 e. The highest BCUT2D eigenvalue weighted by molar-refractivity contribution is 6.33. The summed E-state index contributed by atoms with van der Waals surface area (Å²) in [5.41, 5.74) is 6.93. The summed E-state index contributed by atoms with van der Waals surface area (Å²) in [5, 5.41) is 3.96. The molecule has 0 unspecified atom stereocenters. The largest absolute Gasteiger partial charge is 0.444 e. The number of nitrogen functional groups attached to an aromatic ring is 1. The van der Waals surface area contributed by atoms with Crippen molar-refractivity contribution in [3.05, 3.63) is 23.2 Å². The molecule has 5 nitrogen and oxygen atoms in total. The average Bonchev–Trinajstić information content (AvgIpc) is 2.43. The van der Waals surface area contributed by atoms with Gasteiger partial charge in [0.05, 0.1) is 16.4 Å². The van der Waals surface area contributed by atoms with Crippen molar-refractivity contribution in [2.24, 2.45) is 0 Å². The first kappa shape index (κ1) is 16.7. The monoisotopic (exact) mass is 325 g/mol. The summed E-state index contributed by atoms with van der Waals surface area (Å²) >= 11 is 6.02. The van der Waals surface area contributed by atoms with Gasteiger partial charge in [-0.2, -0.15) is 0 Å². The van der Waals surface area contributed by atoms with E-state index in [1.807, 2.05) is 32.9 Å². The first-order valence-electron chi connectivity index (χ1n) is 7.55. The molecule has 0 aliphatic carbocycles. The lowest BCUT2D eigenvalue weighted by molar-refractivity contribution is 0.0210. The molecule has 22 heavy (non-hydrogen) atoms. The van der Waals surface area contributed by atoms with Crippen molar-refractivity contribution >= 4 is 29.1 Å². The van der Waals surface area contributed by atoms with E-state index in [-0.39, 0.29) is 12.1 Å². The van der Waals surface area contributed by atoms with E-state index in [2.05, 4.69) is 5.32 Å². The molecule has 0 radical (unpaired) electrons. The number of piperidine rings is 1. The fraction of sp³-hybridized carbons (Fsp3) is 0.562. The molecule has 1 aromatic rings. The highest BCUT2D eigenvalue weighted by Gasteiger charge is 2.27. The van der Waals surface area contributed by atoms with Crippen molar-refractivity contribution in [3.63, 3.8) is 0 Å². The van der Waals surface area contributed by atoms with E-state index in [9.17, 15) is 4.79 Å². The summed E-state index contributed by atoms with van der Waals surface area (Å²) in [4.78, 5) is 13.8. The molecule has 1 fully saturated rings. The van der Waals surface area contributed by atoms with Gasteiger partial charge in [-0.15, -0.1) is 0 Å². The minimum absolute atomic E-state index is 0.242. The number of hydrogen-bond acceptors (Lipinski definition) is 4. The second kappa shape index (κ2) is 6.65. The summed E-state index contributed by atoms with van der Waals surface area (Å²) < 4.78 is 5.39. The predicted octanol–water partition coefficient (Wildman–Crippen LogP) is 3.73. The van der Waals surface area contributed by atoms with Gasteiger partial charge < -0.3 is 20.7 Å². The number of carbonyl (C=O) groups is 1. The third kappa shape index (κ3) is 4.44. The number of carbonyl (C=O) groups excluding carboxylic acids is 1. The molecule has 1 amide bonds. The van der Waals surface area contributed by atoms with Crippen LogP contribution in [-0.2, 0) is 4.74 Å². The summed E-state index contributed by atoms with van der Waals surface area (Å²) in [7, 11) is 0. The van der Waals surface area contributed by atoms with Crippen LogP contribution in [0, 0.1) is 0 Å². The first-order valence-corrected chi connectivity index (χ1v) is 7.92. The molecule has 0 atom stereocenters. The van der Waals surface area contributed by atoms with Crippen molar-refractivity contribution in [3.8, 4) is 0 Å². The van der Waals surface area contributed by atoms with E-state index in [4.69, 9.17) is 22.1 Å². The Morgan fingerprint density at radius 1 is 1.36 bits per heavy atom. The Morgan fingerprint density at radius 3 is 2.59 bits per heavy atom. The number of nitrogens with one attached hydrogen (secondary N) is 1. The van der Waals surface area contributed by atoms with Gasteiger partial charge >= 0.3 is 6.09 Å². The highest BCUT2D eigenvalue weighted by atomic mass is 35.5. The molecular weight excluding hydrogens is 302 g/mol. The van der Waals surface area contributed by atoms with E-state index < -0.39 is 5.60 Å². The van der Waals surface area contributed by atoms with Gasteiger partial charge in [0.15, 0.2) is 0 Å². The van der Waals surface area contributed by atoms with Crippen LogP contribution < -0.4 is 11.1 Å². The van der Waals surface area contributed by atoms with Crippen LogP contribution in [0.2, 0.25) is 5.02 Å². The summed E-state index contributed by atoms with van der Waals surface area (Å²) in [6.45, 7) is 6.98. The number of anilines is 2. The van der Waals surface area contributed by atoms with Crippen molar-refractivity contribution in [2.75, 3.05) is 24.1 Å². The zero-order valence-corrected chi connectivity index (χ0v) is 14.1. The minimum Gasteiger partial charge on any atom is -0.444 e. The van der Waals surface area contributed by atoms with Crippen LogP contribution in [0.3, 0.4) is 0 Å². The first-order chi connectivity index (χ1) is 10.3. The molecule has 1 aliphatic heterocycles. The van der Waals surface area contributed by atoms with Gasteiger partial charge in [-0.05, 0) is 45.7 Å². The SMILES string of the molecule is CC(C)(C)OC(=O)N1CCC(Nc2cccc(Cl)c2N)CC1. The molecule has 0 aromatic heterocycles. The summed E-state index contributed by atoms with van der Waals surface area (Å²) in [6, 6.07) is 5.84. The number of nitrogens with two attached hydrogens (primary N) is 1. The van der Waals surface area contributed by atoms with Gasteiger partial charge in [0.25, 0.3) is 0 Å². The summed E-state index contributed by atoms with van der Waals surface area (Å²) in [5.74, 6) is 0. The van der Waals surface area contributed by atoms with Gasteiger partial charge in [0.1, 0.15) is 5.60 Å². The minimum atomic E-state index is -0.457. The summed E-state index contributed by atoms with van der Waals surface area (Å²) in [6.07, 6.45) is 1.46. The molecule has 0 spiro atoms. The molecule has 6 heteroatoms. The zero-order valence-electron chi connectivity index (χ0n) is 13.4. The van der Waals surface area contributed by atoms with Gasteiger partial charge in [0, 0.05) is 19.1 Å². The highest BCUT2D eigenvalue weighted by Crippen LogP contribution is 2.28. The second-order valence-corrected chi connectivity index (χ2v) is 6.99. The number of para-hydroxylation sites is 1. The number of hydrogen-bond donors (Lipinski definition) is 2. The van der Waals surface area contributed by atoms with Crippen molar-refractivity contribution < 1.29 is 9.53 Å². The Bertz CT molecular complexity index is 535. The molecule has 1 aromatic carbocycles. The normalized spacial score (nSPS) is 16.5. The number of nitrogens with zero attached hydrogens (tertiary/aromatic N) is 1. The molecule has 0 bridgehead atoms. The number of amides is 1. The number of ether oxygens (including phenoxy) is 1.